The van der Waals surface area contributed by atoms with E-state index in [0.29, 0.717) is 12.4 Å². The van der Waals surface area contributed by atoms with E-state index in [9.17, 15) is 17.2 Å². The molecular formula is C18H18F2N6O2S. The largest absolute Gasteiger partial charge is 0.354 e. The Morgan fingerprint density at radius 3 is 2.69 bits per heavy atom. The monoisotopic (exact) mass is 420 g/mol. The maximum Gasteiger partial charge on any atom is 0.263 e. The number of hydrogen-bond acceptors (Lipinski definition) is 6. The predicted molar refractivity (Wildman–Crippen MR) is 102 cm³/mol. The summed E-state index contributed by atoms with van der Waals surface area (Å²) in [7, 11) is -3.98. The van der Waals surface area contributed by atoms with E-state index in [0.717, 1.165) is 37.6 Å². The number of hydrogen-bond donors (Lipinski definition) is 1. The molecule has 0 spiro atoms. The molecule has 1 atom stereocenters. The standard InChI is InChI=1S/C18H18F2N6O2S/c19-16-5-3-13(8-17(16)20)24-29(27,28)15-4-6-18(22-9-15)25-7-1-2-14(10-25)26-12-21-11-23-26/h3-6,8-9,11-12,14,24H,1-2,7,10H2. The number of nitrogens with zero attached hydrogens (tertiary/aromatic N) is 5. The van der Waals surface area contributed by atoms with Crippen molar-refractivity contribution in [2.45, 2.75) is 23.8 Å². The number of halogens is 2. The summed E-state index contributed by atoms with van der Waals surface area (Å²) in [6.45, 7) is 1.49. The SMILES string of the molecule is O=S(=O)(Nc1ccc(F)c(F)c1)c1ccc(N2CCCC(n3cncn3)C2)nc1. The molecule has 8 nitrogen and oxygen atoms in total. The average Bonchev–Trinajstić information content (AvgIpc) is 3.26. The smallest absolute Gasteiger partial charge is 0.263 e. The van der Waals surface area contributed by atoms with Crippen molar-refractivity contribution < 1.29 is 17.2 Å². The Balaban J connectivity index is 1.48. The molecule has 1 saturated heterocycles. The molecule has 3 heterocycles. The molecule has 0 amide bonds. The molecule has 0 saturated carbocycles. The van der Waals surface area contributed by atoms with E-state index in [1.165, 1.54) is 18.6 Å². The van der Waals surface area contributed by atoms with Crippen LogP contribution in [0.3, 0.4) is 0 Å². The summed E-state index contributed by atoms with van der Waals surface area (Å²) in [5.41, 5.74) is -0.0697. The van der Waals surface area contributed by atoms with Gasteiger partial charge in [-0.25, -0.2) is 31.8 Å². The van der Waals surface area contributed by atoms with Gasteiger partial charge in [0.25, 0.3) is 10.0 Å². The average molecular weight is 420 g/mol. The van der Waals surface area contributed by atoms with E-state index >= 15 is 0 Å². The fourth-order valence-electron chi connectivity index (χ4n) is 3.28. The first-order valence-corrected chi connectivity index (χ1v) is 10.4. The molecule has 3 aromatic rings. The lowest BCUT2D eigenvalue weighted by atomic mass is 10.1. The van der Waals surface area contributed by atoms with Crippen molar-refractivity contribution in [3.8, 4) is 0 Å². The van der Waals surface area contributed by atoms with Crippen LogP contribution in [0.5, 0.6) is 0 Å². The van der Waals surface area contributed by atoms with E-state index < -0.39 is 21.7 Å². The van der Waals surface area contributed by atoms with Crippen molar-refractivity contribution in [1.82, 2.24) is 19.7 Å². The molecule has 152 valence electrons. The Labute approximate surface area is 166 Å². The van der Waals surface area contributed by atoms with Gasteiger partial charge in [-0.1, -0.05) is 0 Å². The van der Waals surface area contributed by atoms with Gasteiger partial charge in [0.15, 0.2) is 11.6 Å². The highest BCUT2D eigenvalue weighted by molar-refractivity contribution is 7.92. The summed E-state index contributed by atoms with van der Waals surface area (Å²) in [5.74, 6) is -1.53. The Hall–Kier alpha value is -3.08. The molecule has 1 aromatic carbocycles. The molecule has 29 heavy (non-hydrogen) atoms. The van der Waals surface area contributed by atoms with Crippen LogP contribution in [0.4, 0.5) is 20.3 Å². The van der Waals surface area contributed by atoms with E-state index in [4.69, 9.17) is 0 Å². The van der Waals surface area contributed by atoms with E-state index in [2.05, 4.69) is 24.7 Å². The summed E-state index contributed by atoms with van der Waals surface area (Å²) < 4.78 is 55.4. The molecule has 11 heteroatoms. The van der Waals surface area contributed by atoms with E-state index in [1.807, 2.05) is 4.68 Å². The van der Waals surface area contributed by atoms with Gasteiger partial charge in [-0.05, 0) is 37.1 Å². The van der Waals surface area contributed by atoms with Crippen LogP contribution in [-0.2, 0) is 10.0 Å². The van der Waals surface area contributed by atoms with Crippen LogP contribution >= 0.6 is 0 Å². The molecule has 2 aromatic heterocycles. The quantitative estimate of drug-likeness (QED) is 0.682. The fraction of sp³-hybridized carbons (Fsp3) is 0.278. The highest BCUT2D eigenvalue weighted by Crippen LogP contribution is 2.25. The summed E-state index contributed by atoms with van der Waals surface area (Å²) in [6.07, 6.45) is 6.35. The van der Waals surface area contributed by atoms with E-state index in [1.54, 1.807) is 12.4 Å². The maximum absolute atomic E-state index is 13.3. The molecule has 0 radical (unpaired) electrons. The molecule has 1 aliphatic rings. The lowest BCUT2D eigenvalue weighted by Crippen LogP contribution is -2.37. The van der Waals surface area contributed by atoms with Crippen LogP contribution in [0.25, 0.3) is 0 Å². The zero-order valence-electron chi connectivity index (χ0n) is 15.2. The Kier molecular flexibility index (Phi) is 5.14. The lowest BCUT2D eigenvalue weighted by Gasteiger charge is -2.33. The number of sulfonamides is 1. The van der Waals surface area contributed by atoms with Crippen LogP contribution in [0, 0.1) is 11.6 Å². The zero-order valence-corrected chi connectivity index (χ0v) is 16.1. The van der Waals surface area contributed by atoms with Crippen molar-refractivity contribution in [2.24, 2.45) is 0 Å². The Morgan fingerprint density at radius 2 is 2.00 bits per heavy atom. The predicted octanol–water partition coefficient (Wildman–Crippen LogP) is 2.59. The molecule has 4 rings (SSSR count). The third-order valence-corrected chi connectivity index (χ3v) is 6.10. The van der Waals surface area contributed by atoms with Gasteiger partial charge in [-0.3, -0.25) is 4.72 Å². The number of piperidine rings is 1. The van der Waals surface area contributed by atoms with Gasteiger partial charge >= 0.3 is 0 Å². The van der Waals surface area contributed by atoms with Crippen LogP contribution in [0.15, 0.2) is 54.1 Å². The minimum absolute atomic E-state index is 0.0697. The number of nitrogens with one attached hydrogen (secondary N) is 1. The van der Waals surface area contributed by atoms with Crippen molar-refractivity contribution in [3.63, 3.8) is 0 Å². The molecule has 1 aliphatic heterocycles. The van der Waals surface area contributed by atoms with Crippen LogP contribution in [0.1, 0.15) is 18.9 Å². The number of aromatic nitrogens is 4. The third kappa shape index (κ3) is 4.19. The molecular weight excluding hydrogens is 402 g/mol. The normalized spacial score (nSPS) is 17.3. The second kappa shape index (κ2) is 7.74. The highest BCUT2D eigenvalue weighted by Gasteiger charge is 2.23. The summed E-state index contributed by atoms with van der Waals surface area (Å²) in [6, 6.07) is 6.03. The second-order valence-corrected chi connectivity index (χ2v) is 8.39. The molecule has 0 bridgehead atoms. The van der Waals surface area contributed by atoms with Crippen molar-refractivity contribution in [3.05, 3.63) is 60.8 Å². The number of benzene rings is 1. The summed E-state index contributed by atoms with van der Waals surface area (Å²) in [4.78, 5) is 10.3. The lowest BCUT2D eigenvalue weighted by molar-refractivity contribution is 0.374. The summed E-state index contributed by atoms with van der Waals surface area (Å²) in [5, 5.41) is 4.19. The molecule has 1 unspecified atom stereocenters. The van der Waals surface area contributed by atoms with Crippen molar-refractivity contribution in [2.75, 3.05) is 22.7 Å². The van der Waals surface area contributed by atoms with Gasteiger partial charge < -0.3 is 4.90 Å². The Morgan fingerprint density at radius 1 is 1.14 bits per heavy atom. The van der Waals surface area contributed by atoms with Gasteiger partial charge in [0, 0.05) is 25.4 Å². The second-order valence-electron chi connectivity index (χ2n) is 6.70. The van der Waals surface area contributed by atoms with Gasteiger partial charge in [0.05, 0.1) is 11.7 Å². The van der Waals surface area contributed by atoms with Gasteiger partial charge in [-0.2, -0.15) is 5.10 Å². The third-order valence-electron chi connectivity index (χ3n) is 4.73. The number of anilines is 2. The van der Waals surface area contributed by atoms with E-state index in [-0.39, 0.29) is 16.6 Å². The first kappa shape index (κ1) is 19.2. The Bertz CT molecular complexity index is 1090. The first-order chi connectivity index (χ1) is 13.9. The summed E-state index contributed by atoms with van der Waals surface area (Å²) >= 11 is 0. The fourth-order valence-corrected chi connectivity index (χ4v) is 4.27. The minimum atomic E-state index is -3.98. The van der Waals surface area contributed by atoms with Crippen molar-refractivity contribution >= 4 is 21.5 Å². The highest BCUT2D eigenvalue weighted by atomic mass is 32.2. The maximum atomic E-state index is 13.3. The van der Waals surface area contributed by atoms with Crippen molar-refractivity contribution in [1.29, 1.82) is 0 Å². The van der Waals surface area contributed by atoms with Crippen LogP contribution in [0.2, 0.25) is 0 Å². The van der Waals surface area contributed by atoms with Gasteiger partial charge in [0.1, 0.15) is 23.4 Å². The molecule has 1 N–H and O–H groups in total. The molecule has 0 aliphatic carbocycles. The molecule has 1 fully saturated rings. The zero-order chi connectivity index (χ0) is 20.4. The van der Waals surface area contributed by atoms with Gasteiger partial charge in [-0.15, -0.1) is 0 Å². The minimum Gasteiger partial charge on any atom is -0.354 e. The van der Waals surface area contributed by atoms with Gasteiger partial charge in [0.2, 0.25) is 0 Å². The first-order valence-electron chi connectivity index (χ1n) is 8.95. The number of rotatable bonds is 5. The van der Waals surface area contributed by atoms with Crippen LogP contribution < -0.4 is 9.62 Å². The topological polar surface area (TPSA) is 93.0 Å². The van der Waals surface area contributed by atoms with Crippen LogP contribution in [-0.4, -0.2) is 41.3 Å². The number of pyridine rings is 1.